The van der Waals surface area contributed by atoms with Crippen LogP contribution in [0.25, 0.3) is 0 Å². The summed E-state index contributed by atoms with van der Waals surface area (Å²) in [7, 11) is 0. The lowest BCUT2D eigenvalue weighted by Crippen LogP contribution is -2.40. The molecule has 7 nitrogen and oxygen atoms in total. The first kappa shape index (κ1) is 16.2. The van der Waals surface area contributed by atoms with Gasteiger partial charge in [0.2, 0.25) is 0 Å². The van der Waals surface area contributed by atoms with Gasteiger partial charge in [0.05, 0.1) is 18.1 Å². The fourth-order valence-corrected chi connectivity index (χ4v) is 2.85. The number of aromatic nitrogens is 3. The van der Waals surface area contributed by atoms with E-state index in [-0.39, 0.29) is 29.3 Å². The van der Waals surface area contributed by atoms with Crippen molar-refractivity contribution in [1.29, 1.82) is 0 Å². The molecule has 1 amide bonds. The van der Waals surface area contributed by atoms with Gasteiger partial charge in [0.1, 0.15) is 11.4 Å². The van der Waals surface area contributed by atoms with Crippen molar-refractivity contribution in [3.8, 4) is 5.75 Å². The zero-order valence-electron chi connectivity index (χ0n) is 13.5. The van der Waals surface area contributed by atoms with Crippen LogP contribution in [0.3, 0.4) is 0 Å². The summed E-state index contributed by atoms with van der Waals surface area (Å²) in [4.78, 5) is 33.9. The van der Waals surface area contributed by atoms with Gasteiger partial charge >= 0.3 is 0 Å². The predicted molar refractivity (Wildman–Crippen MR) is 88.0 cm³/mol. The normalized spacial score (nSPS) is 20.4. The molecular weight excluding hydrogens is 308 g/mol. The van der Waals surface area contributed by atoms with Gasteiger partial charge in [-0.1, -0.05) is 0 Å². The summed E-state index contributed by atoms with van der Waals surface area (Å²) in [6.07, 6.45) is 6.51. The van der Waals surface area contributed by atoms with Crippen LogP contribution in [0.4, 0.5) is 0 Å². The summed E-state index contributed by atoms with van der Waals surface area (Å²) in [6, 6.07) is 5.07. The molecule has 0 aliphatic heterocycles. The Labute approximate surface area is 139 Å². The number of aryl methyl sites for hydroxylation is 1. The fraction of sp³-hybridized carbons (Fsp3) is 0.412. The molecule has 1 fully saturated rings. The molecule has 3 rings (SSSR count). The van der Waals surface area contributed by atoms with E-state index in [9.17, 15) is 9.59 Å². The van der Waals surface area contributed by atoms with Crippen molar-refractivity contribution in [2.75, 3.05) is 0 Å². The van der Waals surface area contributed by atoms with Gasteiger partial charge in [-0.25, -0.2) is 4.98 Å². The minimum Gasteiger partial charge on any atom is -0.489 e. The Kier molecular flexibility index (Phi) is 4.88. The molecule has 7 heteroatoms. The molecule has 0 atom stereocenters. The summed E-state index contributed by atoms with van der Waals surface area (Å²) >= 11 is 0. The maximum atomic E-state index is 12.1. The average Bonchev–Trinajstić information content (AvgIpc) is 2.58. The van der Waals surface area contributed by atoms with Crippen LogP contribution in [0.5, 0.6) is 5.75 Å². The van der Waals surface area contributed by atoms with Crippen molar-refractivity contribution < 1.29 is 9.53 Å². The number of pyridine rings is 1. The molecule has 0 bridgehead atoms. The predicted octanol–water partition coefficient (Wildman–Crippen LogP) is 1.59. The van der Waals surface area contributed by atoms with Gasteiger partial charge in [-0.2, -0.15) is 0 Å². The van der Waals surface area contributed by atoms with E-state index in [0.29, 0.717) is 0 Å². The first-order chi connectivity index (χ1) is 11.6. The standard InChI is InChI=1S/C17H20N4O3/c1-11-15(3-2-8-18-11)24-13-6-4-12(5-7-13)21-17(23)14-9-16(22)20-10-19-14/h2-3,8-10,12-13H,4-7H2,1H3,(H,21,23)(H,19,20,22). The molecule has 0 unspecified atom stereocenters. The second kappa shape index (κ2) is 7.25. The highest BCUT2D eigenvalue weighted by atomic mass is 16.5. The summed E-state index contributed by atoms with van der Waals surface area (Å²) in [6.45, 7) is 1.93. The molecule has 1 aliphatic carbocycles. The van der Waals surface area contributed by atoms with E-state index in [2.05, 4.69) is 20.3 Å². The number of nitrogens with zero attached hydrogens (tertiary/aromatic N) is 2. The molecule has 0 aromatic carbocycles. The van der Waals surface area contributed by atoms with E-state index in [4.69, 9.17) is 4.74 Å². The largest absolute Gasteiger partial charge is 0.489 e. The summed E-state index contributed by atoms with van der Waals surface area (Å²) in [5.41, 5.74) is 0.690. The molecule has 2 aromatic rings. The first-order valence-electron chi connectivity index (χ1n) is 8.05. The van der Waals surface area contributed by atoms with Crippen molar-refractivity contribution in [2.45, 2.75) is 44.8 Å². The number of ether oxygens (including phenoxy) is 1. The number of H-pyrrole nitrogens is 1. The molecule has 126 valence electrons. The van der Waals surface area contributed by atoms with Crippen LogP contribution in [-0.2, 0) is 0 Å². The van der Waals surface area contributed by atoms with Crippen LogP contribution >= 0.6 is 0 Å². The molecule has 1 aliphatic rings. The SMILES string of the molecule is Cc1ncccc1OC1CCC(NC(=O)c2cc(=O)[nH]cn2)CC1. The number of carbonyl (C=O) groups is 1. The molecule has 24 heavy (non-hydrogen) atoms. The lowest BCUT2D eigenvalue weighted by molar-refractivity contribution is 0.0888. The number of hydrogen-bond acceptors (Lipinski definition) is 5. The number of amides is 1. The highest BCUT2D eigenvalue weighted by Gasteiger charge is 2.24. The molecule has 2 N–H and O–H groups in total. The third-order valence-electron chi connectivity index (χ3n) is 4.17. The van der Waals surface area contributed by atoms with E-state index in [1.807, 2.05) is 19.1 Å². The second-order valence-electron chi connectivity index (χ2n) is 5.95. The molecular formula is C17H20N4O3. The minimum absolute atomic E-state index is 0.0773. The van der Waals surface area contributed by atoms with Crippen molar-refractivity contribution in [3.63, 3.8) is 0 Å². The van der Waals surface area contributed by atoms with Crippen LogP contribution in [0.2, 0.25) is 0 Å². The lowest BCUT2D eigenvalue weighted by atomic mass is 9.93. The van der Waals surface area contributed by atoms with Crippen molar-refractivity contribution in [2.24, 2.45) is 0 Å². The van der Waals surface area contributed by atoms with Gasteiger partial charge in [-0.3, -0.25) is 14.6 Å². The Morgan fingerprint density at radius 1 is 1.29 bits per heavy atom. The monoisotopic (exact) mass is 328 g/mol. The average molecular weight is 328 g/mol. The number of rotatable bonds is 4. The number of aromatic amines is 1. The van der Waals surface area contributed by atoms with Crippen LogP contribution < -0.4 is 15.6 Å². The second-order valence-corrected chi connectivity index (χ2v) is 5.95. The number of hydrogen-bond donors (Lipinski definition) is 2. The lowest BCUT2D eigenvalue weighted by Gasteiger charge is -2.29. The van der Waals surface area contributed by atoms with Crippen LogP contribution in [0.15, 0.2) is 35.5 Å². The third kappa shape index (κ3) is 3.98. The van der Waals surface area contributed by atoms with Crippen LogP contribution in [0.1, 0.15) is 41.9 Å². The van der Waals surface area contributed by atoms with Crippen LogP contribution in [-0.4, -0.2) is 33.0 Å². The zero-order valence-corrected chi connectivity index (χ0v) is 13.5. The van der Waals surface area contributed by atoms with E-state index >= 15 is 0 Å². The van der Waals surface area contributed by atoms with Gasteiger partial charge in [0.15, 0.2) is 0 Å². The van der Waals surface area contributed by atoms with E-state index < -0.39 is 0 Å². The van der Waals surface area contributed by atoms with E-state index in [1.54, 1.807) is 6.20 Å². The van der Waals surface area contributed by atoms with E-state index in [1.165, 1.54) is 12.4 Å². The Morgan fingerprint density at radius 3 is 2.79 bits per heavy atom. The Hall–Kier alpha value is -2.70. The van der Waals surface area contributed by atoms with Crippen molar-refractivity contribution in [1.82, 2.24) is 20.3 Å². The van der Waals surface area contributed by atoms with Crippen molar-refractivity contribution in [3.05, 3.63) is 52.5 Å². The van der Waals surface area contributed by atoms with Gasteiger partial charge in [-0.05, 0) is 44.7 Å². The molecule has 2 aromatic heterocycles. The highest BCUT2D eigenvalue weighted by molar-refractivity contribution is 5.92. The van der Waals surface area contributed by atoms with Gasteiger partial charge < -0.3 is 15.0 Å². The Balaban J connectivity index is 1.51. The summed E-state index contributed by atoms with van der Waals surface area (Å²) in [5, 5.41) is 2.94. The maximum Gasteiger partial charge on any atom is 0.270 e. The summed E-state index contributed by atoms with van der Waals surface area (Å²) in [5.74, 6) is 0.506. The minimum atomic E-state index is -0.334. The zero-order chi connectivity index (χ0) is 16.9. The number of carbonyl (C=O) groups excluding carboxylic acids is 1. The Morgan fingerprint density at radius 2 is 2.08 bits per heavy atom. The molecule has 0 radical (unpaired) electrons. The quantitative estimate of drug-likeness (QED) is 0.888. The smallest absolute Gasteiger partial charge is 0.270 e. The third-order valence-corrected chi connectivity index (χ3v) is 4.17. The fourth-order valence-electron chi connectivity index (χ4n) is 2.85. The Bertz CT molecular complexity index is 766. The molecule has 0 spiro atoms. The first-order valence-corrected chi connectivity index (χ1v) is 8.05. The maximum absolute atomic E-state index is 12.1. The number of nitrogens with one attached hydrogen (secondary N) is 2. The van der Waals surface area contributed by atoms with Crippen molar-refractivity contribution >= 4 is 5.91 Å². The topological polar surface area (TPSA) is 97.0 Å². The van der Waals surface area contributed by atoms with E-state index in [0.717, 1.165) is 37.1 Å². The summed E-state index contributed by atoms with van der Waals surface area (Å²) < 4.78 is 6.01. The van der Waals surface area contributed by atoms with Gasteiger partial charge in [0, 0.05) is 18.3 Å². The van der Waals surface area contributed by atoms with Gasteiger partial charge in [0.25, 0.3) is 11.5 Å². The van der Waals surface area contributed by atoms with Gasteiger partial charge in [-0.15, -0.1) is 0 Å². The molecule has 0 saturated heterocycles. The molecule has 1 saturated carbocycles. The molecule has 2 heterocycles. The highest BCUT2D eigenvalue weighted by Crippen LogP contribution is 2.25. The van der Waals surface area contributed by atoms with Crippen LogP contribution in [0, 0.1) is 6.92 Å².